The summed E-state index contributed by atoms with van der Waals surface area (Å²) in [6, 6.07) is 7.35. The normalized spacial score (nSPS) is 19.7. The molecule has 9 heteroatoms. The van der Waals surface area contributed by atoms with Crippen LogP contribution in [-0.4, -0.2) is 64.8 Å². The van der Waals surface area contributed by atoms with Crippen LogP contribution >= 0.6 is 11.8 Å². The van der Waals surface area contributed by atoms with Gasteiger partial charge in [0.2, 0.25) is 11.8 Å². The van der Waals surface area contributed by atoms with Gasteiger partial charge in [-0.2, -0.15) is 0 Å². The molecule has 8 nitrogen and oxygen atoms in total. The number of urea groups is 1. The molecule has 28 heavy (non-hydrogen) atoms. The van der Waals surface area contributed by atoms with Crippen LogP contribution in [-0.2, 0) is 9.59 Å². The standard InChI is InChI=1S/C19H24N4O4S/c1-13-4-2-6-15(10-13)21-18(26)22-8-3-5-14(11-22)17(25)20-7-9-23-16(24)12-28-19(23)27/h2,4,6,10,14H,3,5,7-9,11-12H2,1H3,(H,20,25)(H,21,26). The van der Waals surface area contributed by atoms with Crippen molar-refractivity contribution in [3.63, 3.8) is 0 Å². The van der Waals surface area contributed by atoms with Crippen molar-refractivity contribution >= 4 is 40.5 Å². The number of piperidine rings is 1. The summed E-state index contributed by atoms with van der Waals surface area (Å²) in [5, 5.41) is 5.39. The van der Waals surface area contributed by atoms with Crippen molar-refractivity contribution in [2.75, 3.05) is 37.2 Å². The summed E-state index contributed by atoms with van der Waals surface area (Å²) in [4.78, 5) is 50.9. The molecule has 1 unspecified atom stereocenters. The third-order valence-corrected chi connectivity index (χ3v) is 5.68. The highest BCUT2D eigenvalue weighted by atomic mass is 32.2. The number of likely N-dealkylation sites (tertiary alicyclic amines) is 1. The lowest BCUT2D eigenvalue weighted by Gasteiger charge is -2.32. The molecule has 0 aliphatic carbocycles. The number of anilines is 1. The molecule has 1 atom stereocenters. The van der Waals surface area contributed by atoms with Gasteiger partial charge in [-0.1, -0.05) is 23.9 Å². The molecule has 5 amide bonds. The second kappa shape index (κ2) is 9.09. The highest BCUT2D eigenvalue weighted by molar-refractivity contribution is 8.14. The van der Waals surface area contributed by atoms with E-state index in [1.165, 1.54) is 0 Å². The first kappa shape index (κ1) is 20.2. The average Bonchev–Trinajstić information content (AvgIpc) is 3.00. The van der Waals surface area contributed by atoms with Crippen LogP contribution in [0.15, 0.2) is 24.3 Å². The van der Waals surface area contributed by atoms with Gasteiger partial charge in [-0.05, 0) is 37.5 Å². The van der Waals surface area contributed by atoms with Crippen LogP contribution in [0.2, 0.25) is 0 Å². The first-order valence-electron chi connectivity index (χ1n) is 9.31. The summed E-state index contributed by atoms with van der Waals surface area (Å²) in [5.41, 5.74) is 1.79. The minimum Gasteiger partial charge on any atom is -0.354 e. The van der Waals surface area contributed by atoms with Gasteiger partial charge in [0, 0.05) is 31.9 Å². The van der Waals surface area contributed by atoms with Gasteiger partial charge in [-0.25, -0.2) is 4.79 Å². The smallest absolute Gasteiger partial charge is 0.321 e. The molecule has 0 radical (unpaired) electrons. The van der Waals surface area contributed by atoms with Gasteiger partial charge in [-0.3, -0.25) is 19.3 Å². The molecule has 1 aromatic carbocycles. The van der Waals surface area contributed by atoms with Crippen LogP contribution in [0.5, 0.6) is 0 Å². The number of carbonyl (C=O) groups excluding carboxylic acids is 4. The number of benzene rings is 1. The third kappa shape index (κ3) is 5.03. The molecular formula is C19H24N4O4S. The van der Waals surface area contributed by atoms with Gasteiger partial charge >= 0.3 is 6.03 Å². The van der Waals surface area contributed by atoms with Crippen molar-refractivity contribution < 1.29 is 19.2 Å². The fourth-order valence-corrected chi connectivity index (χ4v) is 4.09. The van der Waals surface area contributed by atoms with Gasteiger partial charge in [-0.15, -0.1) is 0 Å². The van der Waals surface area contributed by atoms with Gasteiger partial charge in [0.15, 0.2) is 0 Å². The zero-order valence-corrected chi connectivity index (χ0v) is 16.6. The van der Waals surface area contributed by atoms with E-state index in [1.54, 1.807) is 4.90 Å². The molecule has 3 rings (SSSR count). The lowest BCUT2D eigenvalue weighted by molar-refractivity contribution is -0.127. The average molecular weight is 404 g/mol. The zero-order valence-electron chi connectivity index (χ0n) is 15.8. The zero-order chi connectivity index (χ0) is 20.1. The van der Waals surface area contributed by atoms with E-state index in [2.05, 4.69) is 10.6 Å². The number of thioether (sulfide) groups is 1. The first-order valence-corrected chi connectivity index (χ1v) is 10.3. The second-order valence-electron chi connectivity index (χ2n) is 6.98. The molecule has 2 aliphatic rings. The molecule has 0 saturated carbocycles. The summed E-state index contributed by atoms with van der Waals surface area (Å²) < 4.78 is 0. The van der Waals surface area contributed by atoms with Crippen LogP contribution in [0.3, 0.4) is 0 Å². The number of imide groups is 1. The van der Waals surface area contributed by atoms with E-state index in [9.17, 15) is 19.2 Å². The minimum absolute atomic E-state index is 0.153. The van der Waals surface area contributed by atoms with Crippen molar-refractivity contribution in [3.8, 4) is 0 Å². The van der Waals surface area contributed by atoms with Crippen LogP contribution in [0.4, 0.5) is 15.3 Å². The van der Waals surface area contributed by atoms with Crippen LogP contribution in [0.1, 0.15) is 18.4 Å². The highest BCUT2D eigenvalue weighted by Gasteiger charge is 2.31. The van der Waals surface area contributed by atoms with Gasteiger partial charge < -0.3 is 15.5 Å². The Morgan fingerprint density at radius 3 is 2.82 bits per heavy atom. The molecule has 2 fully saturated rings. The summed E-state index contributed by atoms with van der Waals surface area (Å²) in [5.74, 6) is -0.502. The van der Waals surface area contributed by atoms with Crippen LogP contribution in [0.25, 0.3) is 0 Å². The highest BCUT2D eigenvalue weighted by Crippen LogP contribution is 2.19. The maximum absolute atomic E-state index is 12.5. The van der Waals surface area contributed by atoms with Crippen molar-refractivity contribution in [2.24, 2.45) is 5.92 Å². The Bertz CT molecular complexity index is 769. The molecule has 0 aromatic heterocycles. The molecule has 2 aliphatic heterocycles. The predicted octanol–water partition coefficient (Wildman–Crippen LogP) is 2.05. The van der Waals surface area contributed by atoms with E-state index in [1.807, 2.05) is 31.2 Å². The molecule has 0 bridgehead atoms. The number of aryl methyl sites for hydroxylation is 1. The van der Waals surface area contributed by atoms with Crippen LogP contribution in [0, 0.1) is 12.8 Å². The van der Waals surface area contributed by atoms with Crippen molar-refractivity contribution in [1.82, 2.24) is 15.1 Å². The summed E-state index contributed by atoms with van der Waals surface area (Å²) in [6.07, 6.45) is 1.45. The third-order valence-electron chi connectivity index (χ3n) is 4.82. The predicted molar refractivity (Wildman–Crippen MR) is 107 cm³/mol. The van der Waals surface area contributed by atoms with Crippen molar-refractivity contribution in [3.05, 3.63) is 29.8 Å². The summed E-state index contributed by atoms with van der Waals surface area (Å²) >= 11 is 0.979. The number of nitrogens with zero attached hydrogens (tertiary/aromatic N) is 2. The molecule has 2 N–H and O–H groups in total. The number of amides is 5. The minimum atomic E-state index is -0.295. The molecule has 2 heterocycles. The van der Waals surface area contributed by atoms with Crippen molar-refractivity contribution in [2.45, 2.75) is 19.8 Å². The van der Waals surface area contributed by atoms with Crippen LogP contribution < -0.4 is 10.6 Å². The Morgan fingerprint density at radius 2 is 2.11 bits per heavy atom. The Labute approximate surface area is 168 Å². The van der Waals surface area contributed by atoms with E-state index in [0.717, 1.165) is 34.3 Å². The maximum atomic E-state index is 12.5. The SMILES string of the molecule is Cc1cccc(NC(=O)N2CCCC(C(=O)NCCN3C(=O)CSC3=O)C2)c1. The number of hydrogen-bond donors (Lipinski definition) is 2. The summed E-state index contributed by atoms with van der Waals surface area (Å²) in [6.45, 7) is 3.32. The lowest BCUT2D eigenvalue weighted by Crippen LogP contribution is -2.48. The Kier molecular flexibility index (Phi) is 6.56. The fraction of sp³-hybridized carbons (Fsp3) is 0.474. The van der Waals surface area contributed by atoms with E-state index < -0.39 is 0 Å². The van der Waals surface area contributed by atoms with E-state index in [-0.39, 0.29) is 47.8 Å². The number of nitrogens with one attached hydrogen (secondary N) is 2. The van der Waals surface area contributed by atoms with E-state index in [0.29, 0.717) is 19.5 Å². The van der Waals surface area contributed by atoms with Gasteiger partial charge in [0.1, 0.15) is 0 Å². The summed E-state index contributed by atoms with van der Waals surface area (Å²) in [7, 11) is 0. The Hall–Kier alpha value is -2.55. The molecule has 2 saturated heterocycles. The second-order valence-corrected chi connectivity index (χ2v) is 7.90. The maximum Gasteiger partial charge on any atom is 0.321 e. The first-order chi connectivity index (χ1) is 13.4. The molecule has 150 valence electrons. The van der Waals surface area contributed by atoms with E-state index in [4.69, 9.17) is 0 Å². The molecular weight excluding hydrogens is 380 g/mol. The van der Waals surface area contributed by atoms with E-state index >= 15 is 0 Å². The fourth-order valence-electron chi connectivity index (χ4n) is 3.33. The number of hydrogen-bond acceptors (Lipinski definition) is 5. The quantitative estimate of drug-likeness (QED) is 0.783. The molecule has 0 spiro atoms. The number of carbonyl (C=O) groups is 4. The topological polar surface area (TPSA) is 98.8 Å². The number of rotatable bonds is 5. The lowest BCUT2D eigenvalue weighted by atomic mass is 9.97. The largest absolute Gasteiger partial charge is 0.354 e. The Balaban J connectivity index is 1.47. The van der Waals surface area contributed by atoms with Gasteiger partial charge in [0.25, 0.3) is 5.24 Å². The van der Waals surface area contributed by atoms with Crippen molar-refractivity contribution in [1.29, 1.82) is 0 Å². The monoisotopic (exact) mass is 404 g/mol. The molecule has 1 aromatic rings. The van der Waals surface area contributed by atoms with Gasteiger partial charge in [0.05, 0.1) is 11.7 Å². The Morgan fingerprint density at radius 1 is 1.29 bits per heavy atom.